The van der Waals surface area contributed by atoms with E-state index in [2.05, 4.69) is 9.97 Å². The Hall–Kier alpha value is -2.23. The van der Waals surface area contributed by atoms with Gasteiger partial charge in [0.15, 0.2) is 0 Å². The summed E-state index contributed by atoms with van der Waals surface area (Å²) in [6.07, 6.45) is 1.89. The van der Waals surface area contributed by atoms with E-state index in [1.807, 2.05) is 30.5 Å². The van der Waals surface area contributed by atoms with Gasteiger partial charge in [0.05, 0.1) is 11.2 Å². The molecule has 5 N–H and O–H groups in total. The maximum absolute atomic E-state index is 5.71. The summed E-state index contributed by atoms with van der Waals surface area (Å²) in [6.45, 7) is 0. The van der Waals surface area contributed by atoms with E-state index >= 15 is 0 Å². The van der Waals surface area contributed by atoms with Gasteiger partial charge < -0.3 is 16.5 Å². The second-order valence-corrected chi connectivity index (χ2v) is 3.54. The van der Waals surface area contributed by atoms with Crippen molar-refractivity contribution < 1.29 is 0 Å². The summed E-state index contributed by atoms with van der Waals surface area (Å²) < 4.78 is 0. The van der Waals surface area contributed by atoms with Gasteiger partial charge in [-0.1, -0.05) is 6.07 Å². The highest BCUT2D eigenvalue weighted by molar-refractivity contribution is 6.05. The number of benzene rings is 1. The third kappa shape index (κ3) is 1.05. The van der Waals surface area contributed by atoms with Crippen molar-refractivity contribution in [3.63, 3.8) is 0 Å². The Morgan fingerprint density at radius 3 is 2.87 bits per heavy atom. The first-order valence-electron chi connectivity index (χ1n) is 4.67. The number of pyridine rings is 1. The quantitative estimate of drug-likeness (QED) is 0.516. The molecule has 3 aromatic rings. The summed E-state index contributed by atoms with van der Waals surface area (Å²) in [6, 6.07) is 7.83. The Morgan fingerprint density at radius 2 is 2.00 bits per heavy atom. The predicted octanol–water partition coefficient (Wildman–Crippen LogP) is 1.88. The van der Waals surface area contributed by atoms with Gasteiger partial charge in [0.2, 0.25) is 0 Å². The highest BCUT2D eigenvalue weighted by Crippen LogP contribution is 2.26. The van der Waals surface area contributed by atoms with Crippen LogP contribution in [0.15, 0.2) is 30.5 Å². The molecular weight excluding hydrogens is 188 g/mol. The number of hydrogen-bond acceptors (Lipinski definition) is 3. The lowest BCUT2D eigenvalue weighted by Gasteiger charge is -2.03. The minimum absolute atomic E-state index is 0.385. The van der Waals surface area contributed by atoms with Crippen molar-refractivity contribution in [2.75, 3.05) is 11.5 Å². The van der Waals surface area contributed by atoms with E-state index in [1.165, 1.54) is 0 Å². The Labute approximate surface area is 85.9 Å². The number of nitrogen functional groups attached to an aromatic ring is 2. The van der Waals surface area contributed by atoms with Crippen molar-refractivity contribution >= 4 is 33.3 Å². The van der Waals surface area contributed by atoms with Crippen LogP contribution in [0.25, 0.3) is 21.8 Å². The third-order valence-corrected chi connectivity index (χ3v) is 2.58. The summed E-state index contributed by atoms with van der Waals surface area (Å²) in [5.41, 5.74) is 13.9. The molecule has 0 aliphatic carbocycles. The molecule has 0 unspecified atom stereocenters. The fourth-order valence-corrected chi connectivity index (χ4v) is 1.80. The van der Waals surface area contributed by atoms with Gasteiger partial charge in [-0.05, 0) is 18.2 Å². The summed E-state index contributed by atoms with van der Waals surface area (Å²) >= 11 is 0. The van der Waals surface area contributed by atoms with E-state index in [9.17, 15) is 0 Å². The van der Waals surface area contributed by atoms with Crippen LogP contribution in [0.4, 0.5) is 11.5 Å². The highest BCUT2D eigenvalue weighted by atomic mass is 14.9. The van der Waals surface area contributed by atoms with Crippen LogP contribution in [0.5, 0.6) is 0 Å². The Balaban J connectivity index is 2.57. The number of nitrogens with one attached hydrogen (secondary N) is 1. The number of H-pyrrole nitrogens is 1. The number of aromatic amines is 1. The Morgan fingerprint density at radius 1 is 1.13 bits per heavy atom. The number of fused-ring (bicyclic) bond motifs is 3. The molecule has 0 spiro atoms. The molecule has 0 bridgehead atoms. The van der Waals surface area contributed by atoms with Crippen molar-refractivity contribution in [3.8, 4) is 0 Å². The lowest BCUT2D eigenvalue weighted by molar-refractivity contribution is 1.43. The standard InChI is InChI=1S/C11H10N4/c12-8-5-6-1-2-9-7(3-4-14-9)10(6)15-11(8)13/h1-5,14H,12H2,(H2,13,15). The van der Waals surface area contributed by atoms with Crippen LogP contribution in [0.2, 0.25) is 0 Å². The summed E-state index contributed by atoms with van der Waals surface area (Å²) in [5, 5.41) is 2.08. The van der Waals surface area contributed by atoms with Crippen LogP contribution in [0.1, 0.15) is 0 Å². The molecule has 0 amide bonds. The van der Waals surface area contributed by atoms with E-state index in [1.54, 1.807) is 0 Å². The smallest absolute Gasteiger partial charge is 0.147 e. The molecule has 0 aliphatic rings. The van der Waals surface area contributed by atoms with Crippen molar-refractivity contribution in [2.24, 2.45) is 0 Å². The first-order valence-corrected chi connectivity index (χ1v) is 4.67. The van der Waals surface area contributed by atoms with Gasteiger partial charge in [-0.3, -0.25) is 0 Å². The topological polar surface area (TPSA) is 80.7 Å². The van der Waals surface area contributed by atoms with E-state index < -0.39 is 0 Å². The maximum atomic E-state index is 5.71. The van der Waals surface area contributed by atoms with Gasteiger partial charge in [-0.25, -0.2) is 4.98 Å². The highest BCUT2D eigenvalue weighted by Gasteiger charge is 2.05. The summed E-state index contributed by atoms with van der Waals surface area (Å²) in [7, 11) is 0. The zero-order valence-electron chi connectivity index (χ0n) is 7.99. The average Bonchev–Trinajstić information content (AvgIpc) is 2.68. The molecule has 0 fully saturated rings. The molecule has 3 rings (SSSR count). The molecule has 74 valence electrons. The molecule has 0 saturated heterocycles. The van der Waals surface area contributed by atoms with Crippen LogP contribution in [0, 0.1) is 0 Å². The van der Waals surface area contributed by atoms with E-state index in [0.29, 0.717) is 11.5 Å². The van der Waals surface area contributed by atoms with Crippen LogP contribution >= 0.6 is 0 Å². The van der Waals surface area contributed by atoms with Gasteiger partial charge >= 0.3 is 0 Å². The number of hydrogen-bond donors (Lipinski definition) is 3. The zero-order chi connectivity index (χ0) is 10.4. The van der Waals surface area contributed by atoms with Crippen molar-refractivity contribution in [2.45, 2.75) is 0 Å². The van der Waals surface area contributed by atoms with Crippen molar-refractivity contribution in [3.05, 3.63) is 30.5 Å². The number of aromatic nitrogens is 2. The van der Waals surface area contributed by atoms with Gasteiger partial charge in [0.1, 0.15) is 5.82 Å². The molecule has 0 atom stereocenters. The number of anilines is 2. The molecular formula is C11H10N4. The molecule has 15 heavy (non-hydrogen) atoms. The van der Waals surface area contributed by atoms with Crippen LogP contribution in [0.3, 0.4) is 0 Å². The fourth-order valence-electron chi connectivity index (χ4n) is 1.80. The summed E-state index contributed by atoms with van der Waals surface area (Å²) in [5.74, 6) is 0.385. The normalized spacial score (nSPS) is 11.2. The second kappa shape index (κ2) is 2.63. The van der Waals surface area contributed by atoms with Gasteiger partial charge in [0, 0.05) is 22.5 Å². The molecule has 4 nitrogen and oxygen atoms in total. The second-order valence-electron chi connectivity index (χ2n) is 3.54. The van der Waals surface area contributed by atoms with E-state index in [4.69, 9.17) is 11.5 Å². The van der Waals surface area contributed by atoms with Crippen molar-refractivity contribution in [1.29, 1.82) is 0 Å². The minimum atomic E-state index is 0.385. The summed E-state index contributed by atoms with van der Waals surface area (Å²) in [4.78, 5) is 7.44. The van der Waals surface area contributed by atoms with Crippen LogP contribution < -0.4 is 11.5 Å². The lowest BCUT2D eigenvalue weighted by Crippen LogP contribution is -1.97. The molecule has 0 radical (unpaired) electrons. The molecule has 0 aliphatic heterocycles. The number of rotatable bonds is 0. The molecule has 0 saturated carbocycles. The van der Waals surface area contributed by atoms with Gasteiger partial charge in [-0.2, -0.15) is 0 Å². The molecule has 4 heteroatoms. The lowest BCUT2D eigenvalue weighted by atomic mass is 10.1. The third-order valence-electron chi connectivity index (χ3n) is 2.58. The van der Waals surface area contributed by atoms with Gasteiger partial charge in [-0.15, -0.1) is 0 Å². The van der Waals surface area contributed by atoms with Crippen LogP contribution in [-0.4, -0.2) is 9.97 Å². The van der Waals surface area contributed by atoms with E-state index in [-0.39, 0.29) is 0 Å². The number of nitrogens with zero attached hydrogens (tertiary/aromatic N) is 1. The molecule has 2 heterocycles. The SMILES string of the molecule is Nc1cc2ccc3[nH]ccc3c2nc1N. The maximum Gasteiger partial charge on any atom is 0.147 e. The number of nitrogens with two attached hydrogens (primary N) is 2. The minimum Gasteiger partial charge on any atom is -0.396 e. The van der Waals surface area contributed by atoms with Gasteiger partial charge in [0.25, 0.3) is 0 Å². The zero-order valence-corrected chi connectivity index (χ0v) is 7.99. The van der Waals surface area contributed by atoms with E-state index in [0.717, 1.165) is 21.8 Å². The first-order chi connectivity index (χ1) is 7.25. The predicted molar refractivity (Wildman–Crippen MR) is 62.4 cm³/mol. The van der Waals surface area contributed by atoms with Crippen molar-refractivity contribution in [1.82, 2.24) is 9.97 Å². The largest absolute Gasteiger partial charge is 0.396 e. The van der Waals surface area contributed by atoms with Crippen LogP contribution in [-0.2, 0) is 0 Å². The molecule has 1 aromatic carbocycles. The monoisotopic (exact) mass is 198 g/mol. The average molecular weight is 198 g/mol. The Bertz CT molecular complexity index is 654. The first kappa shape index (κ1) is 8.11. The molecule has 2 aromatic heterocycles. The Kier molecular flexibility index (Phi) is 1.42. The fraction of sp³-hybridized carbons (Fsp3) is 0.